The second kappa shape index (κ2) is 9.56. The smallest absolute Gasteiger partial charge is 0.326 e. The summed E-state index contributed by atoms with van der Waals surface area (Å²) in [4.78, 5) is 38.5. The van der Waals surface area contributed by atoms with E-state index >= 15 is 0 Å². The number of furan rings is 1. The quantitative estimate of drug-likeness (QED) is 0.408. The minimum atomic E-state index is -0.609. The lowest BCUT2D eigenvalue weighted by molar-refractivity contribution is -0.150. The number of esters is 1. The zero-order valence-electron chi connectivity index (χ0n) is 15.7. The van der Waals surface area contributed by atoms with Crippen molar-refractivity contribution in [1.82, 2.24) is 4.90 Å². The molecule has 1 atom stereocenters. The largest absolute Gasteiger partial charge is 0.461 e. The van der Waals surface area contributed by atoms with Crippen LogP contribution in [0.3, 0.4) is 0 Å². The molecular weight excluding hydrogens is 434 g/mol. The molecule has 2 aromatic rings. The van der Waals surface area contributed by atoms with Crippen molar-refractivity contribution in [3.8, 4) is 0 Å². The molecular formula is C20H18ClNO5S2. The summed E-state index contributed by atoms with van der Waals surface area (Å²) in [5.74, 6) is -0.707. The van der Waals surface area contributed by atoms with Gasteiger partial charge in [-0.2, -0.15) is 0 Å². The highest BCUT2D eigenvalue weighted by molar-refractivity contribution is 8.18. The Bertz CT molecular complexity index is 954. The van der Waals surface area contributed by atoms with Crippen LogP contribution in [0.1, 0.15) is 26.0 Å². The summed E-state index contributed by atoms with van der Waals surface area (Å²) < 4.78 is 10.8. The van der Waals surface area contributed by atoms with E-state index in [1.165, 1.54) is 17.8 Å². The highest BCUT2D eigenvalue weighted by atomic mass is 35.5. The molecule has 1 aliphatic heterocycles. The second-order valence-electron chi connectivity index (χ2n) is 6.19. The van der Waals surface area contributed by atoms with Crippen LogP contribution in [0, 0.1) is 0 Å². The Labute approximate surface area is 181 Å². The van der Waals surface area contributed by atoms with Gasteiger partial charge < -0.3 is 9.15 Å². The van der Waals surface area contributed by atoms with E-state index in [2.05, 4.69) is 0 Å². The predicted octanol–water partition coefficient (Wildman–Crippen LogP) is 5.46. The Hall–Kier alpha value is -2.16. The van der Waals surface area contributed by atoms with Crippen molar-refractivity contribution >= 4 is 58.3 Å². The molecule has 3 rings (SSSR count). The number of benzene rings is 1. The molecule has 0 radical (unpaired) electrons. The molecule has 152 valence electrons. The number of amides is 2. The van der Waals surface area contributed by atoms with Crippen LogP contribution in [-0.2, 0) is 14.3 Å². The maximum atomic E-state index is 12.5. The standard InChI is InChI=1S/C20H18ClNO5S2/c1-3-12(2)26-17(23)11-22-19(24)16(29-20(22)25)10-14-6-9-18(27-14)28-15-7-4-13(21)5-8-15/h4-10,12H,3,11H2,1-2H3/b16-10-/t12-/m1/s1. The molecule has 6 nitrogen and oxygen atoms in total. The second-order valence-corrected chi connectivity index (χ2v) is 8.70. The lowest BCUT2D eigenvalue weighted by Crippen LogP contribution is -2.35. The fourth-order valence-corrected chi connectivity index (χ4v) is 4.05. The molecule has 29 heavy (non-hydrogen) atoms. The molecule has 1 aliphatic rings. The number of nitrogens with zero attached hydrogens (tertiary/aromatic N) is 1. The van der Waals surface area contributed by atoms with E-state index < -0.39 is 23.7 Å². The molecule has 0 spiro atoms. The average Bonchev–Trinajstić information content (AvgIpc) is 3.23. The van der Waals surface area contributed by atoms with Gasteiger partial charge in [0, 0.05) is 16.0 Å². The molecule has 0 saturated carbocycles. The number of imide groups is 1. The first-order valence-electron chi connectivity index (χ1n) is 8.84. The molecule has 2 amide bonds. The van der Waals surface area contributed by atoms with E-state index in [-0.39, 0.29) is 11.0 Å². The Balaban J connectivity index is 1.65. The Morgan fingerprint density at radius 3 is 2.69 bits per heavy atom. The van der Waals surface area contributed by atoms with Gasteiger partial charge in [0.1, 0.15) is 12.3 Å². The fourth-order valence-electron chi connectivity index (χ4n) is 2.33. The Morgan fingerprint density at radius 2 is 2.00 bits per heavy atom. The van der Waals surface area contributed by atoms with E-state index in [1.54, 1.807) is 31.2 Å². The molecule has 0 N–H and O–H groups in total. The number of carbonyl (C=O) groups excluding carboxylic acids is 3. The number of carbonyl (C=O) groups is 3. The van der Waals surface area contributed by atoms with E-state index in [0.29, 0.717) is 22.3 Å². The summed E-state index contributed by atoms with van der Waals surface area (Å²) in [6.45, 7) is 3.23. The van der Waals surface area contributed by atoms with Crippen LogP contribution >= 0.6 is 35.1 Å². The summed E-state index contributed by atoms with van der Waals surface area (Å²) in [6.07, 6.45) is 1.89. The van der Waals surface area contributed by atoms with Gasteiger partial charge in [-0.05, 0) is 61.5 Å². The van der Waals surface area contributed by atoms with Gasteiger partial charge in [0.05, 0.1) is 11.0 Å². The van der Waals surface area contributed by atoms with Crippen LogP contribution in [0.15, 0.2) is 55.7 Å². The van der Waals surface area contributed by atoms with Crippen molar-refractivity contribution in [1.29, 1.82) is 0 Å². The van der Waals surface area contributed by atoms with Crippen molar-refractivity contribution in [2.45, 2.75) is 36.4 Å². The van der Waals surface area contributed by atoms with Gasteiger partial charge in [0.15, 0.2) is 5.09 Å². The van der Waals surface area contributed by atoms with E-state index in [4.69, 9.17) is 20.8 Å². The van der Waals surface area contributed by atoms with Gasteiger partial charge in [-0.15, -0.1) is 0 Å². The molecule has 1 fully saturated rings. The first-order chi connectivity index (χ1) is 13.9. The van der Waals surface area contributed by atoms with Crippen LogP contribution in [0.25, 0.3) is 6.08 Å². The molecule has 0 aliphatic carbocycles. The lowest BCUT2D eigenvalue weighted by Gasteiger charge is -2.14. The first kappa shape index (κ1) is 21.5. The third-order valence-electron chi connectivity index (χ3n) is 3.98. The normalized spacial score (nSPS) is 16.5. The minimum Gasteiger partial charge on any atom is -0.461 e. The summed E-state index contributed by atoms with van der Waals surface area (Å²) in [5.41, 5.74) is 0. The third-order valence-corrected chi connectivity index (χ3v) is 6.06. The highest BCUT2D eigenvalue weighted by Gasteiger charge is 2.37. The zero-order chi connectivity index (χ0) is 21.0. The maximum Gasteiger partial charge on any atom is 0.326 e. The summed E-state index contributed by atoms with van der Waals surface area (Å²) in [7, 11) is 0. The predicted molar refractivity (Wildman–Crippen MR) is 113 cm³/mol. The lowest BCUT2D eigenvalue weighted by atomic mass is 10.3. The van der Waals surface area contributed by atoms with Crippen LogP contribution in [0.4, 0.5) is 4.79 Å². The fraction of sp³-hybridized carbons (Fsp3) is 0.250. The number of hydrogen-bond acceptors (Lipinski definition) is 7. The zero-order valence-corrected chi connectivity index (χ0v) is 18.1. The van der Waals surface area contributed by atoms with Gasteiger partial charge in [0.2, 0.25) is 0 Å². The molecule has 9 heteroatoms. The molecule has 0 bridgehead atoms. The van der Waals surface area contributed by atoms with E-state index in [1.807, 2.05) is 19.1 Å². The molecule has 0 unspecified atom stereocenters. The summed E-state index contributed by atoms with van der Waals surface area (Å²) in [6, 6.07) is 10.8. The SMILES string of the molecule is CC[C@@H](C)OC(=O)CN1C(=O)S/C(=C\c2ccc(Sc3ccc(Cl)cc3)o2)C1=O. The van der Waals surface area contributed by atoms with Crippen molar-refractivity contribution in [2.75, 3.05) is 6.54 Å². The highest BCUT2D eigenvalue weighted by Crippen LogP contribution is 2.34. The first-order valence-corrected chi connectivity index (χ1v) is 10.8. The van der Waals surface area contributed by atoms with Gasteiger partial charge in [-0.3, -0.25) is 19.3 Å². The Kier molecular flexibility index (Phi) is 7.10. The number of thioether (sulfide) groups is 1. The van der Waals surface area contributed by atoms with Crippen LogP contribution in [-0.4, -0.2) is 34.7 Å². The molecule has 2 heterocycles. The summed E-state index contributed by atoms with van der Waals surface area (Å²) >= 11 is 8.06. The molecule has 1 aromatic carbocycles. The summed E-state index contributed by atoms with van der Waals surface area (Å²) in [5, 5.41) is 0.776. The number of ether oxygens (including phenoxy) is 1. The van der Waals surface area contributed by atoms with Crippen molar-refractivity contribution in [2.24, 2.45) is 0 Å². The number of halogens is 1. The van der Waals surface area contributed by atoms with E-state index in [0.717, 1.165) is 21.6 Å². The van der Waals surface area contributed by atoms with Crippen LogP contribution < -0.4 is 0 Å². The van der Waals surface area contributed by atoms with Gasteiger partial charge >= 0.3 is 5.97 Å². The van der Waals surface area contributed by atoms with Crippen molar-refractivity contribution < 1.29 is 23.5 Å². The average molecular weight is 452 g/mol. The monoisotopic (exact) mass is 451 g/mol. The number of hydrogen-bond donors (Lipinski definition) is 0. The van der Waals surface area contributed by atoms with Gasteiger partial charge in [0.25, 0.3) is 11.1 Å². The molecule has 1 aromatic heterocycles. The van der Waals surface area contributed by atoms with Crippen LogP contribution in [0.5, 0.6) is 0 Å². The van der Waals surface area contributed by atoms with Gasteiger partial charge in [-0.25, -0.2) is 0 Å². The third kappa shape index (κ3) is 5.68. The Morgan fingerprint density at radius 1 is 1.28 bits per heavy atom. The van der Waals surface area contributed by atoms with Crippen LogP contribution in [0.2, 0.25) is 5.02 Å². The maximum absolute atomic E-state index is 12.5. The minimum absolute atomic E-state index is 0.198. The van der Waals surface area contributed by atoms with Crippen molar-refractivity contribution in [3.05, 3.63) is 52.1 Å². The molecule has 1 saturated heterocycles. The topological polar surface area (TPSA) is 76.8 Å². The number of rotatable bonds is 7. The van der Waals surface area contributed by atoms with Crippen molar-refractivity contribution in [3.63, 3.8) is 0 Å². The van der Waals surface area contributed by atoms with E-state index in [9.17, 15) is 14.4 Å². The van der Waals surface area contributed by atoms with Gasteiger partial charge in [-0.1, -0.05) is 30.3 Å².